The Morgan fingerprint density at radius 2 is 2.12 bits per heavy atom. The Balaban J connectivity index is 0.00000225. The summed E-state index contributed by atoms with van der Waals surface area (Å²) in [5, 5.41) is 6.89. The van der Waals surface area contributed by atoms with Gasteiger partial charge in [-0.2, -0.15) is 9.49 Å². The van der Waals surface area contributed by atoms with Crippen LogP contribution in [0.1, 0.15) is 4.88 Å². The van der Waals surface area contributed by atoms with Crippen molar-refractivity contribution < 1.29 is 12.8 Å². The van der Waals surface area contributed by atoms with Gasteiger partial charge in [0.2, 0.25) is 15.8 Å². The minimum Gasteiger partial charge on any atom is -0.315 e. The zero-order chi connectivity index (χ0) is 17.3. The normalized spacial score (nSPS) is 11.3. The van der Waals surface area contributed by atoms with Crippen molar-refractivity contribution in [2.24, 2.45) is 7.05 Å². The van der Waals surface area contributed by atoms with Crippen molar-refractivity contribution in [3.05, 3.63) is 47.6 Å². The van der Waals surface area contributed by atoms with Gasteiger partial charge in [-0.3, -0.25) is 4.68 Å². The number of hydrogen-bond acceptors (Lipinski definition) is 6. The average Bonchev–Trinajstić information content (AvgIpc) is 3.15. The number of sulfone groups is 1. The molecule has 0 fully saturated rings. The van der Waals surface area contributed by atoms with Gasteiger partial charge in [-0.25, -0.2) is 13.4 Å². The third-order valence-electron chi connectivity index (χ3n) is 3.38. The second kappa shape index (κ2) is 7.61. The highest BCUT2D eigenvalue weighted by Crippen LogP contribution is 2.38. The summed E-state index contributed by atoms with van der Waals surface area (Å²) in [6.07, 6.45) is 4.04. The minimum atomic E-state index is -3.80. The van der Waals surface area contributed by atoms with Crippen LogP contribution in [0.3, 0.4) is 0 Å². The van der Waals surface area contributed by atoms with Crippen LogP contribution in [0.4, 0.5) is 4.39 Å². The molecule has 0 atom stereocenters. The molecule has 3 aromatic rings. The van der Waals surface area contributed by atoms with E-state index in [0.29, 0.717) is 12.1 Å². The van der Waals surface area contributed by atoms with E-state index < -0.39 is 15.8 Å². The van der Waals surface area contributed by atoms with Crippen molar-refractivity contribution in [3.63, 3.8) is 0 Å². The number of rotatable bonds is 5. The second-order valence-electron chi connectivity index (χ2n) is 5.14. The molecule has 0 spiro atoms. The molecular weight excluding hydrogens is 387 g/mol. The predicted molar refractivity (Wildman–Crippen MR) is 96.2 cm³/mol. The van der Waals surface area contributed by atoms with Gasteiger partial charge in [-0.15, -0.1) is 23.7 Å². The lowest BCUT2D eigenvalue weighted by Crippen LogP contribution is -2.02. The summed E-state index contributed by atoms with van der Waals surface area (Å²) in [7, 11) is -0.395. The Labute approximate surface area is 155 Å². The molecule has 0 saturated heterocycles. The maximum atomic E-state index is 14.1. The molecule has 0 amide bonds. The molecule has 0 aliphatic carbocycles. The van der Waals surface area contributed by atoms with Crippen LogP contribution >= 0.6 is 23.7 Å². The van der Waals surface area contributed by atoms with E-state index in [9.17, 15) is 12.8 Å². The molecule has 0 saturated carbocycles. The fraction of sp³-hybridized carbons (Fsp3) is 0.200. The van der Waals surface area contributed by atoms with Crippen molar-refractivity contribution in [3.8, 4) is 11.1 Å². The van der Waals surface area contributed by atoms with Gasteiger partial charge in [0, 0.05) is 42.0 Å². The summed E-state index contributed by atoms with van der Waals surface area (Å²) in [6, 6.07) is 4.79. The lowest BCUT2D eigenvalue weighted by atomic mass is 10.1. The van der Waals surface area contributed by atoms with Crippen molar-refractivity contribution in [1.82, 2.24) is 20.1 Å². The molecule has 0 aliphatic heterocycles. The summed E-state index contributed by atoms with van der Waals surface area (Å²) in [4.78, 5) is 4.49. The third kappa shape index (κ3) is 3.74. The van der Waals surface area contributed by atoms with Gasteiger partial charge < -0.3 is 5.32 Å². The van der Waals surface area contributed by atoms with Crippen LogP contribution in [0.5, 0.6) is 0 Å². The smallest absolute Gasteiger partial charge is 0.220 e. The molecule has 3 rings (SSSR count). The number of pyridine rings is 1. The monoisotopic (exact) mass is 402 g/mol. The van der Waals surface area contributed by atoms with Crippen molar-refractivity contribution >= 4 is 33.6 Å². The molecule has 0 unspecified atom stereocenters. The summed E-state index contributed by atoms with van der Waals surface area (Å²) in [5.41, 5.74) is 0.485. The number of aromatic nitrogens is 3. The van der Waals surface area contributed by atoms with Crippen LogP contribution in [-0.2, 0) is 23.4 Å². The molecule has 3 heterocycles. The van der Waals surface area contributed by atoms with E-state index in [-0.39, 0.29) is 27.1 Å². The molecule has 134 valence electrons. The largest absolute Gasteiger partial charge is 0.315 e. The Kier molecular flexibility index (Phi) is 5.94. The first-order valence-electron chi connectivity index (χ1n) is 7.05. The van der Waals surface area contributed by atoms with Gasteiger partial charge in [0.1, 0.15) is 9.10 Å². The van der Waals surface area contributed by atoms with Crippen LogP contribution in [-0.4, -0.2) is 30.2 Å². The Morgan fingerprint density at radius 1 is 1.36 bits per heavy atom. The van der Waals surface area contributed by atoms with Gasteiger partial charge in [-0.1, -0.05) is 0 Å². The number of thiophene rings is 1. The lowest BCUT2D eigenvalue weighted by molar-refractivity contribution is 0.587. The molecule has 0 aromatic carbocycles. The van der Waals surface area contributed by atoms with Gasteiger partial charge in [-0.05, 0) is 25.2 Å². The summed E-state index contributed by atoms with van der Waals surface area (Å²) >= 11 is 1.12. The van der Waals surface area contributed by atoms with E-state index in [4.69, 9.17) is 0 Å². The van der Waals surface area contributed by atoms with E-state index in [2.05, 4.69) is 15.4 Å². The van der Waals surface area contributed by atoms with E-state index in [0.717, 1.165) is 16.2 Å². The number of aryl methyl sites for hydroxylation is 1. The predicted octanol–water partition coefficient (Wildman–Crippen LogP) is 2.66. The number of halogens is 2. The average molecular weight is 403 g/mol. The van der Waals surface area contributed by atoms with Crippen molar-refractivity contribution in [2.45, 2.75) is 15.6 Å². The summed E-state index contributed by atoms with van der Waals surface area (Å²) in [5.74, 6) is -0.700. The van der Waals surface area contributed by atoms with Gasteiger partial charge in [0.15, 0.2) is 0 Å². The molecule has 0 aliphatic rings. The Morgan fingerprint density at radius 3 is 2.72 bits per heavy atom. The van der Waals surface area contributed by atoms with Crippen LogP contribution in [0.15, 0.2) is 45.9 Å². The molecule has 1 N–H and O–H groups in total. The maximum Gasteiger partial charge on any atom is 0.220 e. The SMILES string of the molecule is CNCc1cc(-c2cccnc2F)c(S(=O)(=O)c2cnn(C)c2)s1.Cl. The van der Waals surface area contributed by atoms with Crippen LogP contribution < -0.4 is 5.32 Å². The highest BCUT2D eigenvalue weighted by atomic mass is 35.5. The number of nitrogens with one attached hydrogen (secondary N) is 1. The quantitative estimate of drug-likeness (QED) is 0.664. The van der Waals surface area contributed by atoms with Crippen molar-refractivity contribution in [1.29, 1.82) is 0 Å². The van der Waals surface area contributed by atoms with E-state index in [1.54, 1.807) is 26.2 Å². The molecule has 10 heteroatoms. The first-order valence-corrected chi connectivity index (χ1v) is 9.35. The fourth-order valence-corrected chi connectivity index (χ4v) is 5.41. The topological polar surface area (TPSA) is 76.9 Å². The molecule has 6 nitrogen and oxygen atoms in total. The molecule has 0 radical (unpaired) electrons. The first kappa shape index (κ1) is 19.5. The molecular formula is C15H16ClFN4O2S2. The molecule has 3 aromatic heterocycles. The number of nitrogens with zero attached hydrogens (tertiary/aromatic N) is 3. The van der Waals surface area contributed by atoms with Gasteiger partial charge in [0.05, 0.1) is 6.20 Å². The zero-order valence-electron chi connectivity index (χ0n) is 13.4. The Bertz CT molecular complexity index is 985. The number of hydrogen-bond donors (Lipinski definition) is 1. The van der Waals surface area contributed by atoms with E-state index in [1.165, 1.54) is 29.3 Å². The molecule has 0 bridgehead atoms. The van der Waals surface area contributed by atoms with Gasteiger partial charge >= 0.3 is 0 Å². The highest BCUT2D eigenvalue weighted by molar-refractivity contribution is 7.93. The van der Waals surface area contributed by atoms with Crippen LogP contribution in [0.2, 0.25) is 0 Å². The zero-order valence-corrected chi connectivity index (χ0v) is 15.9. The van der Waals surface area contributed by atoms with E-state index >= 15 is 0 Å². The van der Waals surface area contributed by atoms with Crippen LogP contribution in [0, 0.1) is 5.95 Å². The minimum absolute atomic E-state index is 0. The third-order valence-corrected chi connectivity index (χ3v) is 6.76. The second-order valence-corrected chi connectivity index (χ2v) is 8.42. The standard InChI is InChI=1S/C15H15FN4O2S2.ClH/c1-17-7-10-6-13(12-4-3-5-18-14(12)16)15(23-10)24(21,22)11-8-19-20(2)9-11;/h3-6,8-9,17H,7H2,1-2H3;1H. The lowest BCUT2D eigenvalue weighted by Gasteiger charge is -2.04. The summed E-state index contributed by atoms with van der Waals surface area (Å²) < 4.78 is 41.5. The first-order chi connectivity index (χ1) is 11.4. The van der Waals surface area contributed by atoms with E-state index in [1.807, 2.05) is 0 Å². The fourth-order valence-electron chi connectivity index (χ4n) is 2.30. The summed E-state index contributed by atoms with van der Waals surface area (Å²) in [6.45, 7) is 0.488. The molecule has 25 heavy (non-hydrogen) atoms. The van der Waals surface area contributed by atoms with Crippen molar-refractivity contribution in [2.75, 3.05) is 7.05 Å². The highest BCUT2D eigenvalue weighted by Gasteiger charge is 2.27. The maximum absolute atomic E-state index is 14.1. The van der Waals surface area contributed by atoms with Crippen LogP contribution in [0.25, 0.3) is 11.1 Å². The Hall–Kier alpha value is -1.81. The van der Waals surface area contributed by atoms with Gasteiger partial charge in [0.25, 0.3) is 0 Å².